The number of unbranched alkanes of at least 4 members (excludes halogenated alkanes) is 15. The van der Waals surface area contributed by atoms with Gasteiger partial charge in [0.15, 0.2) is 5.82 Å². The Morgan fingerprint density at radius 2 is 1.60 bits per heavy atom. The summed E-state index contributed by atoms with van der Waals surface area (Å²) in [6.07, 6.45) is 16.2. The molecule has 1 fully saturated rings. The van der Waals surface area contributed by atoms with Crippen LogP contribution in [-0.2, 0) is 40.0 Å². The second-order valence-corrected chi connectivity index (χ2v) is 16.3. The van der Waals surface area contributed by atoms with Crippen molar-refractivity contribution >= 4 is 19.2 Å². The van der Waals surface area contributed by atoms with E-state index in [9.17, 15) is 24.9 Å². The number of nitrogen functional groups attached to an aromatic ring is 1. The number of ether oxygens (including phenoxy) is 4. The fourth-order valence-corrected chi connectivity index (χ4v) is 7.78. The third-order valence-corrected chi connectivity index (χ3v) is 11.3. The number of methoxy groups -OCH3 is 1. The fourth-order valence-electron chi connectivity index (χ4n) is 7.02. The maximum Gasteiger partial charge on any atom is 0.472 e. The van der Waals surface area contributed by atoms with Gasteiger partial charge in [-0.15, -0.1) is 0 Å². The average Bonchev–Trinajstić information content (AvgIpc) is 3.76. The molecule has 1 unspecified atom stereocenters. The number of aliphatic hydroxyl groups is 2. The quantitative estimate of drug-likeness (QED) is 0.0388. The molecular weight excluding hydrogens is 753 g/mol. The lowest BCUT2D eigenvalue weighted by Gasteiger charge is -2.24. The van der Waals surface area contributed by atoms with Crippen LogP contribution in [0.5, 0.6) is 5.75 Å². The minimum absolute atomic E-state index is 0.0854. The Labute approximate surface area is 337 Å². The van der Waals surface area contributed by atoms with Crippen LogP contribution in [0.2, 0.25) is 0 Å². The number of nitrogens with zero attached hydrogens (tertiary/aromatic N) is 4. The van der Waals surface area contributed by atoms with Gasteiger partial charge in [0.05, 0.1) is 39.2 Å². The van der Waals surface area contributed by atoms with Crippen LogP contribution in [0.3, 0.4) is 0 Å². The molecule has 1 aliphatic rings. The zero-order chi connectivity index (χ0) is 40.9. The van der Waals surface area contributed by atoms with Crippen LogP contribution in [-0.4, -0.2) is 87.7 Å². The zero-order valence-corrected chi connectivity index (χ0v) is 34.6. The molecule has 5 N–H and O–H groups in total. The van der Waals surface area contributed by atoms with Gasteiger partial charge in [-0.25, -0.2) is 14.1 Å². The van der Waals surface area contributed by atoms with Gasteiger partial charge in [-0.05, 0) is 36.2 Å². The number of nitriles is 1. The van der Waals surface area contributed by atoms with E-state index in [1.807, 2.05) is 30.3 Å². The molecule has 57 heavy (non-hydrogen) atoms. The lowest BCUT2D eigenvalue weighted by atomic mass is 9.92. The van der Waals surface area contributed by atoms with Crippen molar-refractivity contribution in [2.24, 2.45) is 0 Å². The van der Waals surface area contributed by atoms with E-state index in [4.69, 9.17) is 33.7 Å². The van der Waals surface area contributed by atoms with Crippen LogP contribution in [0.25, 0.3) is 5.52 Å². The number of aliphatic hydroxyl groups excluding tert-OH is 2. The van der Waals surface area contributed by atoms with Gasteiger partial charge < -0.3 is 39.8 Å². The summed E-state index contributed by atoms with van der Waals surface area (Å²) in [7, 11) is -3.17. The molecule has 3 heterocycles. The molecule has 0 saturated carbocycles. The van der Waals surface area contributed by atoms with Gasteiger partial charge in [-0.2, -0.15) is 10.4 Å². The third kappa shape index (κ3) is 14.6. The second kappa shape index (κ2) is 24.7. The zero-order valence-electron chi connectivity index (χ0n) is 33.7. The number of rotatable bonds is 30. The molecule has 318 valence electrons. The van der Waals surface area contributed by atoms with Gasteiger partial charge in [0.2, 0.25) is 5.60 Å². The van der Waals surface area contributed by atoms with E-state index in [0.717, 1.165) is 24.8 Å². The molecule has 3 aromatic rings. The Morgan fingerprint density at radius 3 is 2.23 bits per heavy atom. The number of hydrogen-bond acceptors (Lipinski definition) is 13. The number of phosphoric acid groups is 1. The van der Waals surface area contributed by atoms with Crippen molar-refractivity contribution in [3.63, 3.8) is 0 Å². The first-order valence-corrected chi connectivity index (χ1v) is 22.1. The molecule has 2 aromatic heterocycles. The van der Waals surface area contributed by atoms with Crippen LogP contribution in [0.4, 0.5) is 5.82 Å². The van der Waals surface area contributed by atoms with Crippen molar-refractivity contribution in [3.05, 3.63) is 54.0 Å². The van der Waals surface area contributed by atoms with E-state index in [-0.39, 0.29) is 31.3 Å². The van der Waals surface area contributed by atoms with Crippen LogP contribution < -0.4 is 10.5 Å². The van der Waals surface area contributed by atoms with Gasteiger partial charge in [0, 0.05) is 6.61 Å². The summed E-state index contributed by atoms with van der Waals surface area (Å²) in [4.78, 5) is 14.5. The highest BCUT2D eigenvalue weighted by Gasteiger charge is 2.58. The number of benzene rings is 1. The summed E-state index contributed by atoms with van der Waals surface area (Å²) in [5, 5.41) is 36.0. The lowest BCUT2D eigenvalue weighted by Crippen LogP contribution is -2.41. The van der Waals surface area contributed by atoms with Crippen LogP contribution in [0, 0.1) is 11.3 Å². The topological polar surface area (TPSA) is 213 Å². The van der Waals surface area contributed by atoms with E-state index in [1.165, 1.54) is 100 Å². The van der Waals surface area contributed by atoms with Gasteiger partial charge in [0.25, 0.3) is 0 Å². The largest absolute Gasteiger partial charge is 0.497 e. The molecule has 6 atom stereocenters. The SMILES string of the molecule is CCCCCCCCCCCCCCCCCCOC[C@H](COP(=O)(O)OC[C@H]1O[C@@](C#N)(c2ccc3c(N)ncnn23)[C@H](O)[C@@H]1O)OCc1cccc(OC)c1. The van der Waals surface area contributed by atoms with E-state index in [1.54, 1.807) is 13.2 Å². The molecular formula is C41H64N5O10P. The van der Waals surface area contributed by atoms with Crippen molar-refractivity contribution < 1.29 is 47.7 Å². The van der Waals surface area contributed by atoms with Crippen molar-refractivity contribution in [1.29, 1.82) is 5.26 Å². The smallest absolute Gasteiger partial charge is 0.472 e. The Hall–Kier alpha value is -3.16. The number of anilines is 1. The number of fused-ring (bicyclic) bond motifs is 1. The fraction of sp³-hybridized carbons (Fsp3) is 0.683. The Kier molecular flexibility index (Phi) is 20.2. The van der Waals surface area contributed by atoms with Gasteiger partial charge >= 0.3 is 7.82 Å². The first-order valence-electron chi connectivity index (χ1n) is 20.6. The minimum Gasteiger partial charge on any atom is -0.497 e. The number of nitrogens with two attached hydrogens (primary N) is 1. The summed E-state index contributed by atoms with van der Waals surface area (Å²) in [6, 6.07) is 12.3. The highest BCUT2D eigenvalue weighted by molar-refractivity contribution is 7.47. The van der Waals surface area contributed by atoms with Crippen LogP contribution in [0.1, 0.15) is 121 Å². The molecule has 1 saturated heterocycles. The summed E-state index contributed by atoms with van der Waals surface area (Å²) in [5.41, 5.74) is 5.10. The average molecular weight is 818 g/mol. The molecule has 0 radical (unpaired) electrons. The predicted octanol–water partition coefficient (Wildman–Crippen LogP) is 7.16. The molecule has 16 heteroatoms. The molecule has 0 spiro atoms. The monoisotopic (exact) mass is 817 g/mol. The van der Waals surface area contributed by atoms with Gasteiger partial charge in [-0.3, -0.25) is 9.05 Å². The number of hydrogen-bond donors (Lipinski definition) is 4. The summed E-state index contributed by atoms with van der Waals surface area (Å²) >= 11 is 0. The summed E-state index contributed by atoms with van der Waals surface area (Å²) in [6.45, 7) is 2.04. The Bertz CT molecular complexity index is 1690. The van der Waals surface area contributed by atoms with Crippen LogP contribution in [0.15, 0.2) is 42.7 Å². The Morgan fingerprint density at radius 1 is 0.947 bits per heavy atom. The van der Waals surface area contributed by atoms with E-state index in [0.29, 0.717) is 17.9 Å². The highest BCUT2D eigenvalue weighted by atomic mass is 31.2. The number of aromatic nitrogens is 3. The number of phosphoric ester groups is 1. The standard InChI is InChI=1S/C41H64N5O10P/c1-3-4-5-6-7-8-9-10-11-12-13-14-15-16-17-18-24-52-27-34(53-26-32-20-19-21-33(25-32)51-2)28-54-57(49,50)55-29-36-38(47)39(48)41(30-42,56-36)37-23-22-35-40(43)44-31-45-46(35)37/h19-23,25,31,34,36,38-39,47-48H,3-18,24,26-29H2,1-2H3,(H,49,50)(H2,43,44,45)/t34-,36-,38-,39-,41+/m1/s1. The first kappa shape index (κ1) is 46.5. The Balaban J connectivity index is 1.18. The van der Waals surface area contributed by atoms with E-state index >= 15 is 0 Å². The summed E-state index contributed by atoms with van der Waals surface area (Å²) < 4.78 is 47.9. The normalized spacial score (nSPS) is 21.1. The van der Waals surface area contributed by atoms with Crippen molar-refractivity contribution in [3.8, 4) is 11.8 Å². The van der Waals surface area contributed by atoms with Crippen molar-refractivity contribution in [2.45, 2.75) is 146 Å². The third-order valence-electron chi connectivity index (χ3n) is 10.4. The highest BCUT2D eigenvalue weighted by Crippen LogP contribution is 2.46. The molecule has 0 aliphatic carbocycles. The van der Waals surface area contributed by atoms with Crippen molar-refractivity contribution in [2.75, 3.05) is 39.3 Å². The van der Waals surface area contributed by atoms with Crippen molar-refractivity contribution in [1.82, 2.24) is 14.6 Å². The van der Waals surface area contributed by atoms with Gasteiger partial charge in [-0.1, -0.05) is 115 Å². The van der Waals surface area contributed by atoms with E-state index < -0.39 is 44.4 Å². The lowest BCUT2D eigenvalue weighted by molar-refractivity contribution is -0.0690. The maximum absolute atomic E-state index is 13.0. The molecule has 1 aliphatic heterocycles. The second-order valence-electron chi connectivity index (χ2n) is 14.8. The molecule has 1 aromatic carbocycles. The van der Waals surface area contributed by atoms with Crippen LogP contribution >= 0.6 is 7.82 Å². The van der Waals surface area contributed by atoms with Gasteiger partial charge in [0.1, 0.15) is 48.1 Å². The molecule has 0 bridgehead atoms. The first-order chi connectivity index (χ1) is 27.6. The predicted molar refractivity (Wildman–Crippen MR) is 215 cm³/mol. The van der Waals surface area contributed by atoms with E-state index in [2.05, 4.69) is 17.0 Å². The molecule has 4 rings (SSSR count). The minimum atomic E-state index is -4.74. The molecule has 15 nitrogen and oxygen atoms in total. The maximum atomic E-state index is 13.0. The summed E-state index contributed by atoms with van der Waals surface area (Å²) in [5.74, 6) is 0.799. The molecule has 0 amide bonds.